The van der Waals surface area contributed by atoms with Crippen molar-refractivity contribution in [2.24, 2.45) is 0 Å². The SMILES string of the molecule is COc1ccc(Oc2ccccc2NC(=O)CC#N)cc1. The molecule has 0 aliphatic rings. The molecular weight excluding hydrogens is 268 g/mol. The number of carbonyl (C=O) groups excluding carboxylic acids is 1. The van der Waals surface area contributed by atoms with Crippen molar-refractivity contribution in [2.75, 3.05) is 12.4 Å². The highest BCUT2D eigenvalue weighted by Crippen LogP contribution is 2.30. The Morgan fingerprint density at radius 1 is 1.14 bits per heavy atom. The van der Waals surface area contributed by atoms with Crippen LogP contribution in [0.4, 0.5) is 5.69 Å². The van der Waals surface area contributed by atoms with Crippen LogP contribution < -0.4 is 14.8 Å². The van der Waals surface area contributed by atoms with E-state index in [0.717, 1.165) is 5.75 Å². The predicted molar refractivity (Wildman–Crippen MR) is 78.4 cm³/mol. The van der Waals surface area contributed by atoms with E-state index in [1.165, 1.54) is 0 Å². The Bertz CT molecular complexity index is 660. The minimum Gasteiger partial charge on any atom is -0.497 e. The summed E-state index contributed by atoms with van der Waals surface area (Å²) in [5.74, 6) is 1.49. The molecular formula is C16H14N2O3. The minimum absolute atomic E-state index is 0.198. The number of rotatable bonds is 5. The van der Waals surface area contributed by atoms with E-state index in [-0.39, 0.29) is 12.3 Å². The summed E-state index contributed by atoms with van der Waals surface area (Å²) in [6.45, 7) is 0. The molecule has 0 atom stereocenters. The number of benzene rings is 2. The molecule has 0 aromatic heterocycles. The van der Waals surface area contributed by atoms with Crippen LogP contribution in [0.2, 0.25) is 0 Å². The summed E-state index contributed by atoms with van der Waals surface area (Å²) in [4.78, 5) is 11.5. The highest BCUT2D eigenvalue weighted by Gasteiger charge is 2.08. The van der Waals surface area contributed by atoms with E-state index < -0.39 is 0 Å². The van der Waals surface area contributed by atoms with Gasteiger partial charge in [0.2, 0.25) is 5.91 Å². The molecule has 1 amide bonds. The Hall–Kier alpha value is -3.00. The number of nitrogens with zero attached hydrogens (tertiary/aromatic N) is 1. The molecule has 2 rings (SSSR count). The van der Waals surface area contributed by atoms with Gasteiger partial charge in [-0.1, -0.05) is 12.1 Å². The third kappa shape index (κ3) is 3.98. The summed E-state index contributed by atoms with van der Waals surface area (Å²) >= 11 is 0. The van der Waals surface area contributed by atoms with E-state index in [4.69, 9.17) is 14.7 Å². The molecule has 2 aromatic rings. The molecule has 0 aliphatic carbocycles. The molecule has 106 valence electrons. The minimum atomic E-state index is -0.372. The number of nitriles is 1. The van der Waals surface area contributed by atoms with Crippen molar-refractivity contribution >= 4 is 11.6 Å². The molecule has 5 nitrogen and oxygen atoms in total. The normalized spacial score (nSPS) is 9.52. The van der Waals surface area contributed by atoms with Gasteiger partial charge in [0.05, 0.1) is 18.9 Å². The second-order valence-corrected chi connectivity index (χ2v) is 4.16. The Kier molecular flexibility index (Phi) is 4.78. The molecule has 0 heterocycles. The van der Waals surface area contributed by atoms with E-state index in [2.05, 4.69) is 5.32 Å². The lowest BCUT2D eigenvalue weighted by Gasteiger charge is -2.11. The van der Waals surface area contributed by atoms with Crippen LogP contribution >= 0.6 is 0 Å². The molecule has 0 aliphatic heterocycles. The first-order valence-corrected chi connectivity index (χ1v) is 6.30. The largest absolute Gasteiger partial charge is 0.497 e. The summed E-state index contributed by atoms with van der Waals surface area (Å²) in [5.41, 5.74) is 0.522. The Morgan fingerprint density at radius 3 is 2.48 bits per heavy atom. The average molecular weight is 282 g/mol. The van der Waals surface area contributed by atoms with Gasteiger partial charge in [0.1, 0.15) is 17.9 Å². The molecule has 5 heteroatoms. The number of para-hydroxylation sites is 2. The number of carbonyl (C=O) groups is 1. The van der Waals surface area contributed by atoms with Crippen LogP contribution in [-0.2, 0) is 4.79 Å². The molecule has 21 heavy (non-hydrogen) atoms. The van der Waals surface area contributed by atoms with Crippen LogP contribution in [0.1, 0.15) is 6.42 Å². The van der Waals surface area contributed by atoms with Crippen molar-refractivity contribution in [3.05, 3.63) is 48.5 Å². The fourth-order valence-corrected chi connectivity index (χ4v) is 1.70. The van der Waals surface area contributed by atoms with Crippen molar-refractivity contribution in [2.45, 2.75) is 6.42 Å². The van der Waals surface area contributed by atoms with Gasteiger partial charge in [0.15, 0.2) is 5.75 Å². The number of nitrogens with one attached hydrogen (secondary N) is 1. The summed E-state index contributed by atoms with van der Waals surface area (Å²) in [5, 5.41) is 11.2. The second-order valence-electron chi connectivity index (χ2n) is 4.16. The quantitative estimate of drug-likeness (QED) is 0.913. The van der Waals surface area contributed by atoms with Gasteiger partial charge in [-0.3, -0.25) is 4.79 Å². The first kappa shape index (κ1) is 14.4. The van der Waals surface area contributed by atoms with Gasteiger partial charge in [-0.25, -0.2) is 0 Å². The van der Waals surface area contributed by atoms with Gasteiger partial charge in [-0.05, 0) is 36.4 Å². The molecule has 0 saturated heterocycles. The predicted octanol–water partition coefficient (Wildman–Crippen LogP) is 3.34. The molecule has 0 unspecified atom stereocenters. The number of anilines is 1. The first-order valence-electron chi connectivity index (χ1n) is 6.30. The highest BCUT2D eigenvalue weighted by molar-refractivity contribution is 5.93. The Labute approximate surface area is 122 Å². The van der Waals surface area contributed by atoms with Crippen molar-refractivity contribution in [3.8, 4) is 23.3 Å². The van der Waals surface area contributed by atoms with E-state index in [0.29, 0.717) is 17.2 Å². The lowest BCUT2D eigenvalue weighted by Crippen LogP contribution is -2.10. The van der Waals surface area contributed by atoms with Gasteiger partial charge in [-0.15, -0.1) is 0 Å². The zero-order valence-corrected chi connectivity index (χ0v) is 11.5. The molecule has 0 spiro atoms. The lowest BCUT2D eigenvalue weighted by atomic mass is 10.2. The number of methoxy groups -OCH3 is 1. The highest BCUT2D eigenvalue weighted by atomic mass is 16.5. The van der Waals surface area contributed by atoms with Crippen molar-refractivity contribution in [3.63, 3.8) is 0 Å². The van der Waals surface area contributed by atoms with Crippen LogP contribution in [0.3, 0.4) is 0 Å². The van der Waals surface area contributed by atoms with Crippen LogP contribution in [0.5, 0.6) is 17.2 Å². The Balaban J connectivity index is 2.15. The maximum absolute atomic E-state index is 11.5. The van der Waals surface area contributed by atoms with Crippen LogP contribution in [0, 0.1) is 11.3 Å². The summed E-state index contributed by atoms with van der Waals surface area (Å²) in [7, 11) is 1.59. The lowest BCUT2D eigenvalue weighted by molar-refractivity contribution is -0.115. The maximum Gasteiger partial charge on any atom is 0.238 e. The maximum atomic E-state index is 11.5. The zero-order chi connectivity index (χ0) is 15.1. The standard InChI is InChI=1S/C16H14N2O3/c1-20-12-6-8-13(9-7-12)21-15-5-3-2-4-14(15)18-16(19)10-11-17/h2-9H,10H2,1H3,(H,18,19). The number of amides is 1. The van der Waals surface area contributed by atoms with Crippen LogP contribution in [0.15, 0.2) is 48.5 Å². The summed E-state index contributed by atoms with van der Waals surface area (Å²) < 4.78 is 10.8. The van der Waals surface area contributed by atoms with Gasteiger partial charge in [0.25, 0.3) is 0 Å². The fraction of sp³-hybridized carbons (Fsp3) is 0.125. The fourth-order valence-electron chi connectivity index (χ4n) is 1.70. The molecule has 1 N–H and O–H groups in total. The number of hydrogen-bond acceptors (Lipinski definition) is 4. The van der Waals surface area contributed by atoms with Gasteiger partial charge < -0.3 is 14.8 Å². The molecule has 0 fully saturated rings. The molecule has 0 radical (unpaired) electrons. The molecule has 0 bridgehead atoms. The summed E-state index contributed by atoms with van der Waals surface area (Å²) in [6, 6.07) is 16.0. The first-order chi connectivity index (χ1) is 10.2. The van der Waals surface area contributed by atoms with Crippen molar-refractivity contribution in [1.82, 2.24) is 0 Å². The third-order valence-corrected chi connectivity index (χ3v) is 2.69. The van der Waals surface area contributed by atoms with Gasteiger partial charge in [0, 0.05) is 0 Å². The second kappa shape index (κ2) is 6.96. The van der Waals surface area contributed by atoms with Crippen LogP contribution in [-0.4, -0.2) is 13.0 Å². The molecule has 2 aromatic carbocycles. The van der Waals surface area contributed by atoms with Crippen molar-refractivity contribution < 1.29 is 14.3 Å². The van der Waals surface area contributed by atoms with E-state index in [1.54, 1.807) is 61.7 Å². The zero-order valence-electron chi connectivity index (χ0n) is 11.5. The molecule has 0 saturated carbocycles. The van der Waals surface area contributed by atoms with Gasteiger partial charge >= 0.3 is 0 Å². The number of ether oxygens (including phenoxy) is 2. The van der Waals surface area contributed by atoms with Crippen LogP contribution in [0.25, 0.3) is 0 Å². The van der Waals surface area contributed by atoms with E-state index in [1.807, 2.05) is 0 Å². The topological polar surface area (TPSA) is 71.3 Å². The summed E-state index contributed by atoms with van der Waals surface area (Å²) in [6.07, 6.45) is -0.198. The van der Waals surface area contributed by atoms with Crippen molar-refractivity contribution in [1.29, 1.82) is 5.26 Å². The van der Waals surface area contributed by atoms with E-state index >= 15 is 0 Å². The smallest absolute Gasteiger partial charge is 0.238 e. The Morgan fingerprint density at radius 2 is 1.81 bits per heavy atom. The van der Waals surface area contributed by atoms with Gasteiger partial charge in [-0.2, -0.15) is 5.26 Å². The monoisotopic (exact) mass is 282 g/mol. The number of hydrogen-bond donors (Lipinski definition) is 1. The third-order valence-electron chi connectivity index (χ3n) is 2.69. The van der Waals surface area contributed by atoms with E-state index in [9.17, 15) is 4.79 Å². The average Bonchev–Trinajstić information content (AvgIpc) is 2.50.